The second-order valence-electron chi connectivity index (χ2n) is 5.02. The SMILES string of the molecule is CC(=O)Cc1nsc(NC(=O)c2ccc(-c3ccc(F)cc3)o2)n1. The molecule has 0 unspecified atom stereocenters. The molecule has 0 aliphatic heterocycles. The average Bonchev–Trinajstić information content (AvgIpc) is 3.17. The quantitative estimate of drug-likeness (QED) is 0.767. The van der Waals surface area contributed by atoms with Gasteiger partial charge in [0.1, 0.15) is 17.4 Å². The number of benzene rings is 1. The molecular weight excluding hydrogens is 333 g/mol. The van der Waals surface area contributed by atoms with Gasteiger partial charge in [-0.1, -0.05) is 0 Å². The number of carbonyl (C=O) groups is 2. The molecule has 6 nitrogen and oxygen atoms in total. The fourth-order valence-electron chi connectivity index (χ4n) is 1.99. The van der Waals surface area contributed by atoms with E-state index in [1.807, 2.05) is 0 Å². The molecule has 8 heteroatoms. The van der Waals surface area contributed by atoms with Crippen LogP contribution in [0, 0.1) is 5.82 Å². The summed E-state index contributed by atoms with van der Waals surface area (Å²) < 4.78 is 22.4. The predicted octanol–water partition coefficient (Wildman–Crippen LogP) is 3.32. The first-order chi connectivity index (χ1) is 11.5. The van der Waals surface area contributed by atoms with E-state index in [4.69, 9.17) is 4.42 Å². The summed E-state index contributed by atoms with van der Waals surface area (Å²) in [6, 6.07) is 8.91. The molecular formula is C16H12FN3O3S. The van der Waals surface area contributed by atoms with Gasteiger partial charge in [0, 0.05) is 17.1 Å². The van der Waals surface area contributed by atoms with Gasteiger partial charge in [0.15, 0.2) is 11.6 Å². The van der Waals surface area contributed by atoms with Crippen LogP contribution < -0.4 is 5.32 Å². The third kappa shape index (κ3) is 3.72. The molecule has 0 aliphatic rings. The Bertz CT molecular complexity index is 886. The van der Waals surface area contributed by atoms with E-state index in [1.54, 1.807) is 18.2 Å². The van der Waals surface area contributed by atoms with Crippen LogP contribution in [0.2, 0.25) is 0 Å². The number of hydrogen-bond donors (Lipinski definition) is 1. The Kier molecular flexibility index (Phi) is 4.48. The summed E-state index contributed by atoms with van der Waals surface area (Å²) in [5.41, 5.74) is 0.662. The molecule has 1 aromatic carbocycles. The number of aromatic nitrogens is 2. The van der Waals surface area contributed by atoms with E-state index in [2.05, 4.69) is 14.7 Å². The maximum Gasteiger partial charge on any atom is 0.293 e. The number of nitrogens with zero attached hydrogens (tertiary/aromatic N) is 2. The molecule has 3 rings (SSSR count). The Morgan fingerprint density at radius 1 is 1.21 bits per heavy atom. The predicted molar refractivity (Wildman–Crippen MR) is 86.3 cm³/mol. The summed E-state index contributed by atoms with van der Waals surface area (Å²) in [4.78, 5) is 27.2. The van der Waals surface area contributed by atoms with Crippen LogP contribution in [0.1, 0.15) is 23.3 Å². The number of amides is 1. The number of anilines is 1. The maximum atomic E-state index is 12.9. The molecule has 24 heavy (non-hydrogen) atoms. The molecule has 1 amide bonds. The Labute approximate surface area is 140 Å². The van der Waals surface area contributed by atoms with Crippen LogP contribution in [0.4, 0.5) is 9.52 Å². The summed E-state index contributed by atoms with van der Waals surface area (Å²) in [5.74, 6) is 0.0389. The van der Waals surface area contributed by atoms with E-state index in [-0.39, 0.29) is 28.9 Å². The summed E-state index contributed by atoms with van der Waals surface area (Å²) in [7, 11) is 0. The highest BCUT2D eigenvalue weighted by molar-refractivity contribution is 7.09. The molecule has 0 saturated carbocycles. The standard InChI is InChI=1S/C16H12FN3O3S/c1-9(21)8-14-18-16(24-20-14)19-15(22)13-7-6-12(23-13)10-2-4-11(17)5-3-10/h2-7H,8H2,1H3,(H,18,19,20,22). The van der Waals surface area contributed by atoms with Crippen molar-refractivity contribution in [3.63, 3.8) is 0 Å². The number of rotatable bonds is 5. The van der Waals surface area contributed by atoms with Crippen molar-refractivity contribution in [2.45, 2.75) is 13.3 Å². The van der Waals surface area contributed by atoms with Crippen LogP contribution in [0.5, 0.6) is 0 Å². The first kappa shape index (κ1) is 16.0. The van der Waals surface area contributed by atoms with E-state index >= 15 is 0 Å². The second kappa shape index (κ2) is 6.71. The molecule has 2 heterocycles. The van der Waals surface area contributed by atoms with Gasteiger partial charge in [-0.15, -0.1) is 0 Å². The second-order valence-corrected chi connectivity index (χ2v) is 5.77. The zero-order chi connectivity index (χ0) is 17.1. The molecule has 0 atom stereocenters. The number of ketones is 1. The minimum atomic E-state index is -0.478. The Balaban J connectivity index is 1.70. The van der Waals surface area contributed by atoms with Crippen LogP contribution in [0.25, 0.3) is 11.3 Å². The number of nitrogens with one attached hydrogen (secondary N) is 1. The van der Waals surface area contributed by atoms with Gasteiger partial charge in [-0.3, -0.25) is 14.9 Å². The van der Waals surface area contributed by atoms with Crippen molar-refractivity contribution < 1.29 is 18.4 Å². The fraction of sp³-hybridized carbons (Fsp3) is 0.125. The van der Waals surface area contributed by atoms with Crippen LogP contribution in [0.3, 0.4) is 0 Å². The van der Waals surface area contributed by atoms with Gasteiger partial charge in [-0.2, -0.15) is 4.37 Å². The van der Waals surface area contributed by atoms with Crippen molar-refractivity contribution in [1.82, 2.24) is 9.36 Å². The van der Waals surface area contributed by atoms with Crippen LogP contribution in [-0.4, -0.2) is 21.0 Å². The summed E-state index contributed by atoms with van der Waals surface area (Å²) >= 11 is 0.991. The molecule has 0 spiro atoms. The number of furan rings is 1. The van der Waals surface area contributed by atoms with Gasteiger partial charge >= 0.3 is 0 Å². The van der Waals surface area contributed by atoms with Crippen molar-refractivity contribution >= 4 is 28.4 Å². The molecule has 0 radical (unpaired) electrons. The zero-order valence-electron chi connectivity index (χ0n) is 12.6. The Hall–Kier alpha value is -2.87. The summed E-state index contributed by atoms with van der Waals surface area (Å²) in [6.45, 7) is 1.44. The number of hydrogen-bond acceptors (Lipinski definition) is 6. The molecule has 3 aromatic rings. The minimum Gasteiger partial charge on any atom is -0.451 e. The molecule has 2 aromatic heterocycles. The Morgan fingerprint density at radius 2 is 1.96 bits per heavy atom. The summed E-state index contributed by atoms with van der Waals surface area (Å²) in [5, 5.41) is 2.85. The van der Waals surface area contributed by atoms with Crippen molar-refractivity contribution in [3.8, 4) is 11.3 Å². The van der Waals surface area contributed by atoms with Crippen LogP contribution in [0.15, 0.2) is 40.8 Å². The van der Waals surface area contributed by atoms with Crippen molar-refractivity contribution in [2.75, 3.05) is 5.32 Å². The highest BCUT2D eigenvalue weighted by Gasteiger charge is 2.15. The monoisotopic (exact) mass is 345 g/mol. The van der Waals surface area contributed by atoms with E-state index in [9.17, 15) is 14.0 Å². The van der Waals surface area contributed by atoms with Gasteiger partial charge in [0.25, 0.3) is 5.91 Å². The highest BCUT2D eigenvalue weighted by atomic mass is 32.1. The lowest BCUT2D eigenvalue weighted by Crippen LogP contribution is -2.10. The molecule has 1 N–H and O–H groups in total. The van der Waals surface area contributed by atoms with Gasteiger partial charge < -0.3 is 4.42 Å². The molecule has 0 bridgehead atoms. The van der Waals surface area contributed by atoms with Crippen molar-refractivity contribution in [2.24, 2.45) is 0 Å². The van der Waals surface area contributed by atoms with Gasteiger partial charge in [0.2, 0.25) is 5.13 Å². The van der Waals surface area contributed by atoms with Gasteiger partial charge in [0.05, 0.1) is 6.42 Å². The lowest BCUT2D eigenvalue weighted by atomic mass is 10.2. The lowest BCUT2D eigenvalue weighted by Gasteiger charge is -1.98. The van der Waals surface area contributed by atoms with Gasteiger partial charge in [-0.25, -0.2) is 9.37 Å². The lowest BCUT2D eigenvalue weighted by molar-refractivity contribution is -0.116. The van der Waals surface area contributed by atoms with E-state index < -0.39 is 5.91 Å². The van der Waals surface area contributed by atoms with E-state index in [0.29, 0.717) is 17.1 Å². The zero-order valence-corrected chi connectivity index (χ0v) is 13.4. The van der Waals surface area contributed by atoms with Gasteiger partial charge in [-0.05, 0) is 43.3 Å². The smallest absolute Gasteiger partial charge is 0.293 e. The summed E-state index contributed by atoms with van der Waals surface area (Å²) in [6.07, 6.45) is 0.127. The third-order valence-corrected chi connectivity index (χ3v) is 3.72. The topological polar surface area (TPSA) is 85.1 Å². The molecule has 0 aliphatic carbocycles. The minimum absolute atomic E-state index is 0.0550. The van der Waals surface area contributed by atoms with E-state index in [0.717, 1.165) is 11.5 Å². The third-order valence-electron chi connectivity index (χ3n) is 3.05. The number of Topliss-reactive ketones (excluding diaryl/α,β-unsaturated/α-hetero) is 1. The van der Waals surface area contributed by atoms with Crippen LogP contribution in [-0.2, 0) is 11.2 Å². The average molecular weight is 345 g/mol. The van der Waals surface area contributed by atoms with E-state index in [1.165, 1.54) is 25.1 Å². The fourth-order valence-corrected chi connectivity index (χ4v) is 2.57. The van der Waals surface area contributed by atoms with Crippen molar-refractivity contribution in [3.05, 3.63) is 53.8 Å². The number of carbonyl (C=O) groups excluding carboxylic acids is 2. The first-order valence-corrected chi connectivity index (χ1v) is 7.78. The Morgan fingerprint density at radius 3 is 2.67 bits per heavy atom. The maximum absolute atomic E-state index is 12.9. The number of halogens is 1. The molecule has 0 saturated heterocycles. The van der Waals surface area contributed by atoms with Crippen molar-refractivity contribution in [1.29, 1.82) is 0 Å². The normalized spacial score (nSPS) is 10.6. The first-order valence-electron chi connectivity index (χ1n) is 7.00. The highest BCUT2D eigenvalue weighted by Crippen LogP contribution is 2.23. The molecule has 122 valence electrons. The largest absolute Gasteiger partial charge is 0.451 e. The molecule has 0 fully saturated rings. The van der Waals surface area contributed by atoms with Crippen LogP contribution >= 0.6 is 11.5 Å².